The van der Waals surface area contributed by atoms with Crippen LogP contribution in [0.2, 0.25) is 0 Å². The Bertz CT molecular complexity index is 230. The van der Waals surface area contributed by atoms with E-state index in [1.807, 2.05) is 7.11 Å². The number of ether oxygens (including phenoxy) is 1. The van der Waals surface area contributed by atoms with Gasteiger partial charge in [0.1, 0.15) is 0 Å². The topological polar surface area (TPSA) is 24.5 Å². The van der Waals surface area contributed by atoms with Gasteiger partial charge in [-0.2, -0.15) is 0 Å². The van der Waals surface area contributed by atoms with Gasteiger partial charge >= 0.3 is 0 Å². The summed E-state index contributed by atoms with van der Waals surface area (Å²) in [5.74, 6) is 0. The third-order valence-electron chi connectivity index (χ3n) is 4.03. The van der Waals surface area contributed by atoms with Gasteiger partial charge in [0.2, 0.25) is 0 Å². The van der Waals surface area contributed by atoms with Crippen LogP contribution in [0.1, 0.15) is 39.5 Å². The highest BCUT2D eigenvalue weighted by Crippen LogP contribution is 2.28. The van der Waals surface area contributed by atoms with Gasteiger partial charge in [-0.1, -0.05) is 0 Å². The molecule has 0 aromatic heterocycles. The molecule has 2 rings (SSSR count). The Balaban J connectivity index is 1.93. The SMILES string of the molecule is COC1CCC(N2CCCNC(C)(C)C2)C1. The van der Waals surface area contributed by atoms with Gasteiger partial charge in [0, 0.05) is 25.2 Å². The second-order valence-corrected chi connectivity index (χ2v) is 5.96. The molecule has 0 aromatic carbocycles. The first kappa shape index (κ1) is 12.3. The molecule has 3 heteroatoms. The zero-order valence-electron chi connectivity index (χ0n) is 11.0. The van der Waals surface area contributed by atoms with Crippen molar-refractivity contribution in [3.63, 3.8) is 0 Å². The van der Waals surface area contributed by atoms with Crippen LogP contribution in [-0.2, 0) is 4.74 Å². The molecule has 1 N–H and O–H groups in total. The molecule has 2 fully saturated rings. The molecule has 1 saturated heterocycles. The normalized spacial score (nSPS) is 36.2. The molecule has 0 aromatic rings. The molecule has 3 nitrogen and oxygen atoms in total. The summed E-state index contributed by atoms with van der Waals surface area (Å²) in [5, 5.41) is 3.63. The Morgan fingerprint density at radius 1 is 1.31 bits per heavy atom. The fourth-order valence-electron chi connectivity index (χ4n) is 3.13. The summed E-state index contributed by atoms with van der Waals surface area (Å²) < 4.78 is 5.47. The predicted molar refractivity (Wildman–Crippen MR) is 66.7 cm³/mol. The lowest BCUT2D eigenvalue weighted by molar-refractivity contribution is 0.0938. The number of methoxy groups -OCH3 is 1. The molecule has 1 saturated carbocycles. The van der Waals surface area contributed by atoms with Crippen molar-refractivity contribution in [1.82, 2.24) is 10.2 Å². The predicted octanol–water partition coefficient (Wildman–Crippen LogP) is 1.63. The third-order valence-corrected chi connectivity index (χ3v) is 4.03. The van der Waals surface area contributed by atoms with Gasteiger partial charge in [0.05, 0.1) is 6.10 Å². The third kappa shape index (κ3) is 2.96. The molecular formula is C13H26N2O. The lowest BCUT2D eigenvalue weighted by Crippen LogP contribution is -2.48. The molecule has 1 heterocycles. The van der Waals surface area contributed by atoms with Gasteiger partial charge in [-0.25, -0.2) is 0 Å². The number of hydrogen-bond donors (Lipinski definition) is 1. The van der Waals surface area contributed by atoms with Crippen molar-refractivity contribution < 1.29 is 4.74 Å². The Morgan fingerprint density at radius 3 is 2.81 bits per heavy atom. The van der Waals surface area contributed by atoms with E-state index in [2.05, 4.69) is 24.1 Å². The van der Waals surface area contributed by atoms with E-state index in [0.29, 0.717) is 6.10 Å². The van der Waals surface area contributed by atoms with Crippen LogP contribution in [-0.4, -0.2) is 49.3 Å². The van der Waals surface area contributed by atoms with E-state index >= 15 is 0 Å². The van der Waals surface area contributed by atoms with E-state index in [4.69, 9.17) is 4.74 Å². The zero-order valence-corrected chi connectivity index (χ0v) is 11.0. The minimum absolute atomic E-state index is 0.266. The van der Waals surface area contributed by atoms with Gasteiger partial charge in [-0.05, 0) is 52.6 Å². The number of rotatable bonds is 2. The van der Waals surface area contributed by atoms with Crippen molar-refractivity contribution in [1.29, 1.82) is 0 Å². The minimum atomic E-state index is 0.266. The number of nitrogens with zero attached hydrogens (tertiary/aromatic N) is 1. The second-order valence-electron chi connectivity index (χ2n) is 5.96. The first-order valence-corrected chi connectivity index (χ1v) is 6.62. The van der Waals surface area contributed by atoms with Crippen molar-refractivity contribution in [3.05, 3.63) is 0 Å². The van der Waals surface area contributed by atoms with Crippen LogP contribution in [0.3, 0.4) is 0 Å². The molecular weight excluding hydrogens is 200 g/mol. The van der Waals surface area contributed by atoms with Crippen molar-refractivity contribution in [2.45, 2.75) is 57.2 Å². The van der Waals surface area contributed by atoms with Gasteiger partial charge < -0.3 is 10.1 Å². The minimum Gasteiger partial charge on any atom is -0.381 e. The Hall–Kier alpha value is -0.120. The molecule has 0 radical (unpaired) electrons. The van der Waals surface area contributed by atoms with Gasteiger partial charge in [-0.3, -0.25) is 4.90 Å². The zero-order chi connectivity index (χ0) is 11.6. The fraction of sp³-hybridized carbons (Fsp3) is 1.00. The molecule has 0 spiro atoms. The van der Waals surface area contributed by atoms with Crippen LogP contribution in [0, 0.1) is 0 Å². The van der Waals surface area contributed by atoms with Crippen molar-refractivity contribution in [3.8, 4) is 0 Å². The van der Waals surface area contributed by atoms with Crippen LogP contribution < -0.4 is 5.32 Å². The van der Waals surface area contributed by atoms with Gasteiger partial charge in [0.25, 0.3) is 0 Å². The molecule has 1 aliphatic heterocycles. The average Bonchev–Trinajstić information content (AvgIpc) is 2.64. The number of hydrogen-bond acceptors (Lipinski definition) is 3. The maximum Gasteiger partial charge on any atom is 0.0586 e. The van der Waals surface area contributed by atoms with Crippen LogP contribution in [0.25, 0.3) is 0 Å². The van der Waals surface area contributed by atoms with Crippen LogP contribution in [0.4, 0.5) is 0 Å². The second kappa shape index (κ2) is 5.03. The Kier molecular flexibility index (Phi) is 3.88. The summed E-state index contributed by atoms with van der Waals surface area (Å²) in [7, 11) is 1.85. The van der Waals surface area contributed by atoms with E-state index in [1.54, 1.807) is 0 Å². The first-order chi connectivity index (χ1) is 7.61. The molecule has 16 heavy (non-hydrogen) atoms. The van der Waals surface area contributed by atoms with Crippen molar-refractivity contribution in [2.75, 3.05) is 26.7 Å². The smallest absolute Gasteiger partial charge is 0.0586 e. The number of nitrogens with one attached hydrogen (secondary N) is 1. The summed E-state index contributed by atoms with van der Waals surface area (Å²) >= 11 is 0. The average molecular weight is 226 g/mol. The quantitative estimate of drug-likeness (QED) is 0.774. The first-order valence-electron chi connectivity index (χ1n) is 6.62. The Labute approximate surface area is 99.5 Å². The Morgan fingerprint density at radius 2 is 2.12 bits per heavy atom. The van der Waals surface area contributed by atoms with Gasteiger partial charge in [0.15, 0.2) is 0 Å². The summed E-state index contributed by atoms with van der Waals surface area (Å²) in [6.45, 7) is 8.21. The van der Waals surface area contributed by atoms with E-state index < -0.39 is 0 Å². The summed E-state index contributed by atoms with van der Waals surface area (Å²) in [5.41, 5.74) is 0.266. The molecule has 0 amide bonds. The monoisotopic (exact) mass is 226 g/mol. The van der Waals surface area contributed by atoms with Crippen LogP contribution in [0.5, 0.6) is 0 Å². The van der Waals surface area contributed by atoms with E-state index in [1.165, 1.54) is 38.8 Å². The van der Waals surface area contributed by atoms with E-state index in [0.717, 1.165) is 12.6 Å². The van der Waals surface area contributed by atoms with Crippen LogP contribution >= 0.6 is 0 Å². The van der Waals surface area contributed by atoms with Gasteiger partial charge in [-0.15, -0.1) is 0 Å². The van der Waals surface area contributed by atoms with Crippen molar-refractivity contribution >= 4 is 0 Å². The highest BCUT2D eigenvalue weighted by atomic mass is 16.5. The highest BCUT2D eigenvalue weighted by Gasteiger charge is 2.33. The fourth-order valence-corrected chi connectivity index (χ4v) is 3.13. The lowest BCUT2D eigenvalue weighted by atomic mass is 10.0. The maximum atomic E-state index is 5.47. The molecule has 2 unspecified atom stereocenters. The van der Waals surface area contributed by atoms with E-state index in [9.17, 15) is 0 Å². The summed E-state index contributed by atoms with van der Waals surface area (Å²) in [6.07, 6.45) is 5.56. The molecule has 94 valence electrons. The lowest BCUT2D eigenvalue weighted by Gasteiger charge is -2.34. The molecule has 2 atom stereocenters. The summed E-state index contributed by atoms with van der Waals surface area (Å²) in [4.78, 5) is 2.68. The standard InChI is InChI=1S/C13H26N2O/c1-13(2)10-15(8-4-7-14-13)11-5-6-12(9-11)16-3/h11-12,14H,4-10H2,1-3H3. The molecule has 0 bridgehead atoms. The summed E-state index contributed by atoms with van der Waals surface area (Å²) in [6, 6.07) is 0.754. The maximum absolute atomic E-state index is 5.47. The molecule has 1 aliphatic carbocycles. The van der Waals surface area contributed by atoms with Crippen LogP contribution in [0.15, 0.2) is 0 Å². The highest BCUT2D eigenvalue weighted by molar-refractivity contribution is 4.91. The van der Waals surface area contributed by atoms with E-state index in [-0.39, 0.29) is 5.54 Å². The molecule has 2 aliphatic rings. The largest absolute Gasteiger partial charge is 0.381 e. The van der Waals surface area contributed by atoms with Crippen molar-refractivity contribution in [2.24, 2.45) is 0 Å².